The molecule has 0 aliphatic heterocycles. The molecule has 1 atom stereocenters. The highest BCUT2D eigenvalue weighted by atomic mass is 31.2. The van der Waals surface area contributed by atoms with Gasteiger partial charge in [0.2, 0.25) is 0 Å². The first-order chi connectivity index (χ1) is 12.7. The fraction of sp³-hybridized carbons (Fsp3) is 0.714. The first-order valence-corrected chi connectivity index (χ1v) is 11.6. The zero-order valence-corrected chi connectivity index (χ0v) is 18.4. The minimum atomic E-state index is -4.45. The predicted molar refractivity (Wildman–Crippen MR) is 112 cm³/mol. The Kier molecular flexibility index (Phi) is 10.8. The molecule has 1 aromatic carbocycles. The van der Waals surface area contributed by atoms with Gasteiger partial charge in [-0.25, -0.2) is 4.57 Å². The number of nitrogens with zero attached hydrogens (tertiary/aromatic N) is 1. The van der Waals surface area contributed by atoms with Crippen LogP contribution in [-0.4, -0.2) is 40.9 Å². The number of phosphoric acid groups is 1. The van der Waals surface area contributed by atoms with Gasteiger partial charge in [-0.1, -0.05) is 63.3 Å². The number of rotatable bonds is 14. The van der Waals surface area contributed by atoms with Gasteiger partial charge in [0, 0.05) is 5.54 Å². The van der Waals surface area contributed by atoms with E-state index in [1.165, 1.54) is 49.7 Å². The topological polar surface area (TPSA) is 70.0 Å². The molecule has 1 rings (SSSR count). The molecular weight excluding hydrogens is 361 g/mol. The Balaban J connectivity index is 2.45. The van der Waals surface area contributed by atoms with E-state index < -0.39 is 13.4 Å². The van der Waals surface area contributed by atoms with Gasteiger partial charge < -0.3 is 14.7 Å². The van der Waals surface area contributed by atoms with Crippen molar-refractivity contribution in [3.8, 4) is 0 Å². The molecule has 0 heterocycles. The quantitative estimate of drug-likeness (QED) is 0.342. The molecule has 5 nitrogen and oxygen atoms in total. The van der Waals surface area contributed by atoms with Crippen LogP contribution in [0.5, 0.6) is 0 Å². The summed E-state index contributed by atoms with van der Waals surface area (Å²) in [6, 6.07) is 8.76. The second kappa shape index (κ2) is 12.0. The van der Waals surface area contributed by atoms with E-state index >= 15 is 0 Å². The lowest BCUT2D eigenvalue weighted by atomic mass is 9.92. The van der Waals surface area contributed by atoms with Crippen LogP contribution in [0.15, 0.2) is 24.3 Å². The first kappa shape index (κ1) is 24.3. The number of benzene rings is 1. The van der Waals surface area contributed by atoms with E-state index in [1.807, 2.05) is 25.9 Å². The van der Waals surface area contributed by atoms with Crippen molar-refractivity contribution in [2.24, 2.45) is 0 Å². The molecule has 0 spiro atoms. The molecular formula is C21H38NO4P. The summed E-state index contributed by atoms with van der Waals surface area (Å²) in [5, 5.41) is 0. The zero-order chi connectivity index (χ0) is 20.3. The minimum absolute atomic E-state index is 0.000389. The smallest absolute Gasteiger partial charge is 0.303 e. The average molecular weight is 400 g/mol. The number of hydrogen-bond acceptors (Lipinski definition) is 3. The van der Waals surface area contributed by atoms with Gasteiger partial charge in [-0.05, 0) is 57.8 Å². The van der Waals surface area contributed by atoms with Crippen LogP contribution in [0.4, 0.5) is 0 Å². The van der Waals surface area contributed by atoms with Gasteiger partial charge in [-0.3, -0.25) is 4.52 Å². The maximum Gasteiger partial charge on any atom is 0.469 e. The number of unbranched alkanes of at least 4 members (excludes halogenated alkanes) is 5. The monoisotopic (exact) mass is 399 g/mol. The number of likely N-dealkylation sites (N-methyl/N-ethyl adjacent to an activating group) is 1. The van der Waals surface area contributed by atoms with Gasteiger partial charge >= 0.3 is 7.82 Å². The largest absolute Gasteiger partial charge is 0.469 e. The molecule has 1 aromatic rings. The van der Waals surface area contributed by atoms with Gasteiger partial charge in [-0.2, -0.15) is 0 Å². The standard InChI is InChI=1S/C21H38NO4P/c1-5-6-7-8-9-10-11-19-12-14-20(15-13-19)16-17-21(2,22(3)4)18-26-27(23,24)25/h12-15H,5-11,16-18H2,1-4H3,(H2,23,24,25). The second-order valence-electron chi connectivity index (χ2n) is 7.99. The molecule has 0 saturated heterocycles. The Morgan fingerprint density at radius 2 is 1.48 bits per heavy atom. The van der Waals surface area contributed by atoms with Crippen LogP contribution in [0.1, 0.15) is 69.9 Å². The van der Waals surface area contributed by atoms with Crippen molar-refractivity contribution in [3.05, 3.63) is 35.4 Å². The summed E-state index contributed by atoms with van der Waals surface area (Å²) in [4.78, 5) is 19.9. The minimum Gasteiger partial charge on any atom is -0.303 e. The molecule has 0 aromatic heterocycles. The maximum absolute atomic E-state index is 11.0. The summed E-state index contributed by atoms with van der Waals surface area (Å²) < 4.78 is 15.8. The van der Waals surface area contributed by atoms with Crippen LogP contribution in [0.3, 0.4) is 0 Å². The van der Waals surface area contributed by atoms with E-state index in [2.05, 4.69) is 31.2 Å². The highest BCUT2D eigenvalue weighted by Gasteiger charge is 2.30. The van der Waals surface area contributed by atoms with Crippen LogP contribution in [0, 0.1) is 0 Å². The van der Waals surface area contributed by atoms with E-state index in [-0.39, 0.29) is 6.61 Å². The summed E-state index contributed by atoms with van der Waals surface area (Å²) in [7, 11) is -0.632. The Morgan fingerprint density at radius 1 is 0.963 bits per heavy atom. The van der Waals surface area contributed by atoms with Crippen molar-refractivity contribution in [1.82, 2.24) is 4.90 Å². The lowest BCUT2D eigenvalue weighted by Crippen LogP contribution is -2.45. The van der Waals surface area contributed by atoms with Gasteiger partial charge in [-0.15, -0.1) is 0 Å². The molecule has 156 valence electrons. The summed E-state index contributed by atoms with van der Waals surface area (Å²) in [5.41, 5.74) is 2.19. The van der Waals surface area contributed by atoms with Crippen molar-refractivity contribution in [1.29, 1.82) is 0 Å². The fourth-order valence-corrected chi connectivity index (χ4v) is 3.49. The molecule has 27 heavy (non-hydrogen) atoms. The van der Waals surface area contributed by atoms with Crippen molar-refractivity contribution < 1.29 is 18.9 Å². The number of hydrogen-bond donors (Lipinski definition) is 2. The normalized spacial score (nSPS) is 14.5. The van der Waals surface area contributed by atoms with Crippen LogP contribution in [0.25, 0.3) is 0 Å². The maximum atomic E-state index is 11.0. The zero-order valence-electron chi connectivity index (χ0n) is 17.5. The molecule has 0 bridgehead atoms. The Labute approximate surface area is 165 Å². The van der Waals surface area contributed by atoms with Crippen molar-refractivity contribution in [2.45, 2.75) is 77.2 Å². The summed E-state index contributed by atoms with van der Waals surface area (Å²) >= 11 is 0. The fourth-order valence-electron chi connectivity index (χ4n) is 3.04. The Hall–Kier alpha value is -0.710. The molecule has 0 radical (unpaired) electrons. The first-order valence-electron chi connectivity index (χ1n) is 10.1. The Bertz CT molecular complexity index is 570. The van der Waals surface area contributed by atoms with Crippen molar-refractivity contribution in [2.75, 3.05) is 20.7 Å². The second-order valence-corrected chi connectivity index (χ2v) is 9.23. The van der Waals surface area contributed by atoms with Crippen LogP contribution >= 0.6 is 7.82 Å². The lowest BCUT2D eigenvalue weighted by molar-refractivity contribution is 0.0689. The third-order valence-corrected chi connectivity index (χ3v) is 5.88. The Morgan fingerprint density at radius 3 is 2.00 bits per heavy atom. The molecule has 6 heteroatoms. The molecule has 0 aliphatic rings. The van der Waals surface area contributed by atoms with Crippen LogP contribution in [0.2, 0.25) is 0 Å². The average Bonchev–Trinajstić information content (AvgIpc) is 2.61. The van der Waals surface area contributed by atoms with Gasteiger partial charge in [0.15, 0.2) is 0 Å². The van der Waals surface area contributed by atoms with E-state index in [0.717, 1.165) is 19.3 Å². The molecule has 2 N–H and O–H groups in total. The highest BCUT2D eigenvalue weighted by Crippen LogP contribution is 2.38. The third-order valence-electron chi connectivity index (χ3n) is 5.42. The molecule has 0 fully saturated rings. The lowest BCUT2D eigenvalue weighted by Gasteiger charge is -2.36. The van der Waals surface area contributed by atoms with Crippen LogP contribution in [-0.2, 0) is 21.9 Å². The van der Waals surface area contributed by atoms with E-state index in [0.29, 0.717) is 0 Å². The van der Waals surface area contributed by atoms with Crippen LogP contribution < -0.4 is 0 Å². The predicted octanol–water partition coefficient (Wildman–Crippen LogP) is 4.95. The van der Waals surface area contributed by atoms with E-state index in [9.17, 15) is 4.57 Å². The van der Waals surface area contributed by atoms with Crippen molar-refractivity contribution in [3.63, 3.8) is 0 Å². The number of aryl methyl sites for hydroxylation is 2. The van der Waals surface area contributed by atoms with E-state index in [4.69, 9.17) is 14.3 Å². The van der Waals surface area contributed by atoms with E-state index in [1.54, 1.807) is 0 Å². The molecule has 0 amide bonds. The molecule has 0 saturated carbocycles. The molecule has 1 unspecified atom stereocenters. The SMILES string of the molecule is CCCCCCCCc1ccc(CCC(C)(COP(=O)(O)O)N(C)C)cc1. The summed E-state index contributed by atoms with van der Waals surface area (Å²) in [6.45, 7) is 4.21. The number of phosphoric ester groups is 1. The summed E-state index contributed by atoms with van der Waals surface area (Å²) in [5.74, 6) is 0. The third kappa shape index (κ3) is 10.4. The summed E-state index contributed by atoms with van der Waals surface area (Å²) in [6.07, 6.45) is 10.6. The highest BCUT2D eigenvalue weighted by molar-refractivity contribution is 7.46. The van der Waals surface area contributed by atoms with Gasteiger partial charge in [0.25, 0.3) is 0 Å². The van der Waals surface area contributed by atoms with Gasteiger partial charge in [0.05, 0.1) is 6.61 Å². The molecule has 0 aliphatic carbocycles. The van der Waals surface area contributed by atoms with Gasteiger partial charge in [0.1, 0.15) is 0 Å². The van der Waals surface area contributed by atoms with Crippen molar-refractivity contribution >= 4 is 7.82 Å².